The molecule has 0 N–H and O–H groups in total. The smallest absolute Gasteiger partial charge is 0.266 e. The van der Waals surface area contributed by atoms with Crippen LogP contribution in [0.25, 0.3) is 0 Å². The second-order valence-electron chi connectivity index (χ2n) is 4.29. The lowest BCUT2D eigenvalue weighted by Crippen LogP contribution is -2.29. The van der Waals surface area contributed by atoms with E-state index in [2.05, 4.69) is 15.9 Å². The number of fused-ring (bicyclic) bond motifs is 1. The van der Waals surface area contributed by atoms with Gasteiger partial charge in [0.05, 0.1) is 28.4 Å². The normalized spacial score (nSPS) is 13.3. The van der Waals surface area contributed by atoms with Gasteiger partial charge >= 0.3 is 0 Å². The van der Waals surface area contributed by atoms with E-state index in [0.29, 0.717) is 22.4 Å². The molecule has 2 aromatic carbocycles. The first kappa shape index (κ1) is 12.6. The summed E-state index contributed by atoms with van der Waals surface area (Å²) in [5.41, 5.74) is 1.72. The SMILES string of the molecule is N#Cc1ccc(N2C(=O)c3ccc(Br)cc3C2=O)cc1. The number of amides is 2. The van der Waals surface area contributed by atoms with Gasteiger partial charge in [0.15, 0.2) is 0 Å². The summed E-state index contributed by atoms with van der Waals surface area (Å²) < 4.78 is 0.749. The van der Waals surface area contributed by atoms with E-state index in [4.69, 9.17) is 5.26 Å². The van der Waals surface area contributed by atoms with Gasteiger partial charge in [-0.2, -0.15) is 5.26 Å². The summed E-state index contributed by atoms with van der Waals surface area (Å²) in [7, 11) is 0. The second kappa shape index (κ2) is 4.58. The number of anilines is 1. The quantitative estimate of drug-likeness (QED) is 0.756. The Hall–Kier alpha value is -2.45. The van der Waals surface area contributed by atoms with E-state index in [0.717, 1.165) is 9.37 Å². The fourth-order valence-electron chi connectivity index (χ4n) is 2.13. The Morgan fingerprint density at radius 1 is 0.950 bits per heavy atom. The van der Waals surface area contributed by atoms with Crippen molar-refractivity contribution < 1.29 is 9.59 Å². The summed E-state index contributed by atoms with van der Waals surface area (Å²) in [6.45, 7) is 0. The summed E-state index contributed by atoms with van der Waals surface area (Å²) in [4.78, 5) is 25.8. The largest absolute Gasteiger partial charge is 0.268 e. The standard InChI is InChI=1S/C15H7BrN2O2/c16-10-3-6-12-13(7-10)15(20)18(14(12)19)11-4-1-9(8-17)2-5-11/h1-7H. The molecule has 3 rings (SSSR count). The number of hydrogen-bond acceptors (Lipinski definition) is 3. The number of carbonyl (C=O) groups excluding carboxylic acids is 2. The Labute approximate surface area is 123 Å². The molecule has 5 heteroatoms. The van der Waals surface area contributed by atoms with Gasteiger partial charge in [0.2, 0.25) is 0 Å². The summed E-state index contributed by atoms with van der Waals surface area (Å²) in [5, 5.41) is 8.77. The molecule has 0 saturated heterocycles. The van der Waals surface area contributed by atoms with Gasteiger partial charge in [0.25, 0.3) is 11.8 Å². The van der Waals surface area contributed by atoms with E-state index in [1.165, 1.54) is 0 Å². The average molecular weight is 327 g/mol. The molecule has 0 aliphatic carbocycles. The van der Waals surface area contributed by atoms with Crippen LogP contribution in [0.2, 0.25) is 0 Å². The summed E-state index contributed by atoms with van der Waals surface area (Å²) >= 11 is 3.29. The van der Waals surface area contributed by atoms with Crippen molar-refractivity contribution in [1.82, 2.24) is 0 Å². The number of carbonyl (C=O) groups is 2. The summed E-state index contributed by atoms with van der Waals surface area (Å²) in [6, 6.07) is 13.3. The van der Waals surface area contributed by atoms with Crippen molar-refractivity contribution in [2.75, 3.05) is 4.90 Å². The minimum atomic E-state index is -0.351. The molecule has 20 heavy (non-hydrogen) atoms. The Balaban J connectivity index is 2.07. The number of nitriles is 1. The molecule has 0 fully saturated rings. The highest BCUT2D eigenvalue weighted by Gasteiger charge is 2.36. The van der Waals surface area contributed by atoms with Gasteiger partial charge < -0.3 is 0 Å². The third kappa shape index (κ3) is 1.82. The van der Waals surface area contributed by atoms with E-state index in [9.17, 15) is 9.59 Å². The first-order valence-electron chi connectivity index (χ1n) is 5.80. The van der Waals surface area contributed by atoms with Gasteiger partial charge in [-0.3, -0.25) is 9.59 Å². The van der Waals surface area contributed by atoms with Gasteiger partial charge in [-0.05, 0) is 42.5 Å². The Kier molecular flexibility index (Phi) is 2.88. The lowest BCUT2D eigenvalue weighted by Gasteiger charge is -2.13. The maximum absolute atomic E-state index is 12.3. The van der Waals surface area contributed by atoms with Crippen LogP contribution in [0.4, 0.5) is 5.69 Å². The lowest BCUT2D eigenvalue weighted by molar-refractivity contribution is 0.0926. The van der Waals surface area contributed by atoms with E-state index < -0.39 is 0 Å². The van der Waals surface area contributed by atoms with E-state index >= 15 is 0 Å². The Bertz CT molecular complexity index is 775. The molecule has 1 aliphatic rings. The highest BCUT2D eigenvalue weighted by Crippen LogP contribution is 2.30. The second-order valence-corrected chi connectivity index (χ2v) is 5.21. The van der Waals surface area contributed by atoms with Crippen molar-refractivity contribution >= 4 is 33.4 Å². The molecule has 0 atom stereocenters. The van der Waals surface area contributed by atoms with Crippen molar-refractivity contribution in [3.05, 3.63) is 63.6 Å². The van der Waals surface area contributed by atoms with Crippen LogP contribution >= 0.6 is 15.9 Å². The van der Waals surface area contributed by atoms with Crippen molar-refractivity contribution in [1.29, 1.82) is 5.26 Å². The van der Waals surface area contributed by atoms with E-state index in [1.54, 1.807) is 42.5 Å². The van der Waals surface area contributed by atoms with Crippen LogP contribution in [0, 0.1) is 11.3 Å². The molecule has 0 saturated carbocycles. The number of benzene rings is 2. The summed E-state index contributed by atoms with van der Waals surface area (Å²) in [6.07, 6.45) is 0. The highest BCUT2D eigenvalue weighted by atomic mass is 79.9. The molecule has 96 valence electrons. The number of nitrogens with zero attached hydrogens (tertiary/aromatic N) is 2. The van der Waals surface area contributed by atoms with Crippen molar-refractivity contribution in [2.45, 2.75) is 0 Å². The van der Waals surface area contributed by atoms with Gasteiger partial charge in [-0.25, -0.2) is 4.90 Å². The Morgan fingerprint density at radius 2 is 1.60 bits per heavy atom. The predicted molar refractivity (Wildman–Crippen MR) is 76.4 cm³/mol. The van der Waals surface area contributed by atoms with Crippen LogP contribution in [0.15, 0.2) is 46.9 Å². The fourth-order valence-corrected chi connectivity index (χ4v) is 2.49. The van der Waals surface area contributed by atoms with Gasteiger partial charge in [-0.1, -0.05) is 15.9 Å². The van der Waals surface area contributed by atoms with Crippen LogP contribution in [0.5, 0.6) is 0 Å². The molecule has 0 aromatic heterocycles. The maximum Gasteiger partial charge on any atom is 0.266 e. The third-order valence-corrected chi connectivity index (χ3v) is 3.60. The average Bonchev–Trinajstić information content (AvgIpc) is 2.71. The van der Waals surface area contributed by atoms with Crippen molar-refractivity contribution in [2.24, 2.45) is 0 Å². The zero-order valence-electron chi connectivity index (χ0n) is 10.1. The zero-order chi connectivity index (χ0) is 14.3. The van der Waals surface area contributed by atoms with Crippen LogP contribution in [0.1, 0.15) is 26.3 Å². The molecule has 1 aliphatic heterocycles. The number of hydrogen-bond donors (Lipinski definition) is 0. The maximum atomic E-state index is 12.3. The zero-order valence-corrected chi connectivity index (χ0v) is 11.7. The highest BCUT2D eigenvalue weighted by molar-refractivity contribution is 9.10. The third-order valence-electron chi connectivity index (χ3n) is 3.10. The fraction of sp³-hybridized carbons (Fsp3) is 0. The molecule has 2 amide bonds. The molecule has 0 radical (unpaired) electrons. The minimum Gasteiger partial charge on any atom is -0.268 e. The molecule has 2 aromatic rings. The topological polar surface area (TPSA) is 61.2 Å². The van der Waals surface area contributed by atoms with Gasteiger partial charge in [-0.15, -0.1) is 0 Å². The molecule has 1 heterocycles. The van der Waals surface area contributed by atoms with Crippen LogP contribution in [-0.2, 0) is 0 Å². The van der Waals surface area contributed by atoms with Crippen molar-refractivity contribution in [3.8, 4) is 6.07 Å². The Morgan fingerprint density at radius 3 is 2.25 bits per heavy atom. The minimum absolute atomic E-state index is 0.345. The first-order valence-corrected chi connectivity index (χ1v) is 6.59. The lowest BCUT2D eigenvalue weighted by atomic mass is 10.1. The predicted octanol–water partition coefficient (Wildman–Crippen LogP) is 3.12. The van der Waals surface area contributed by atoms with E-state index in [1.807, 2.05) is 6.07 Å². The number of halogens is 1. The van der Waals surface area contributed by atoms with Gasteiger partial charge in [0.1, 0.15) is 0 Å². The van der Waals surface area contributed by atoms with Gasteiger partial charge in [0, 0.05) is 4.47 Å². The monoisotopic (exact) mass is 326 g/mol. The molecular formula is C15H7BrN2O2. The molecular weight excluding hydrogens is 320 g/mol. The van der Waals surface area contributed by atoms with E-state index in [-0.39, 0.29) is 11.8 Å². The molecule has 0 unspecified atom stereocenters. The van der Waals surface area contributed by atoms with Crippen LogP contribution < -0.4 is 4.90 Å². The first-order chi connectivity index (χ1) is 9.61. The number of imide groups is 1. The molecule has 0 spiro atoms. The van der Waals surface area contributed by atoms with Crippen molar-refractivity contribution in [3.63, 3.8) is 0 Å². The van der Waals surface area contributed by atoms with Crippen LogP contribution in [-0.4, -0.2) is 11.8 Å². The molecule has 4 nitrogen and oxygen atoms in total. The van der Waals surface area contributed by atoms with Crippen LogP contribution in [0.3, 0.4) is 0 Å². The summed E-state index contributed by atoms with van der Waals surface area (Å²) in [5.74, 6) is -0.696. The molecule has 0 bridgehead atoms. The number of rotatable bonds is 1.